The van der Waals surface area contributed by atoms with Crippen molar-refractivity contribution in [1.82, 2.24) is 14.8 Å². The van der Waals surface area contributed by atoms with Crippen LogP contribution in [0.5, 0.6) is 0 Å². The van der Waals surface area contributed by atoms with Crippen LogP contribution < -0.4 is 0 Å². The fourth-order valence-corrected chi connectivity index (χ4v) is 1.83. The molecule has 0 amide bonds. The lowest BCUT2D eigenvalue weighted by atomic mass is 10.2. The predicted octanol–water partition coefficient (Wildman–Crippen LogP) is 2.25. The molecule has 1 heterocycles. The van der Waals surface area contributed by atoms with Crippen molar-refractivity contribution in [2.24, 2.45) is 0 Å². The molecule has 4 nitrogen and oxygen atoms in total. The van der Waals surface area contributed by atoms with E-state index in [0.29, 0.717) is 18.2 Å². The summed E-state index contributed by atoms with van der Waals surface area (Å²) in [6.45, 7) is 2.18. The Labute approximate surface area is 103 Å². The molecule has 0 radical (unpaired) electrons. The van der Waals surface area contributed by atoms with Crippen LogP contribution >= 0.6 is 11.6 Å². The van der Waals surface area contributed by atoms with E-state index in [1.165, 1.54) is 6.07 Å². The molecule has 0 unspecified atom stereocenters. The number of nitrogens with zero attached hydrogens (tertiary/aromatic N) is 3. The van der Waals surface area contributed by atoms with Crippen LogP contribution in [-0.4, -0.2) is 19.9 Å². The van der Waals surface area contributed by atoms with E-state index in [1.807, 2.05) is 6.92 Å². The number of hydrogen-bond donors (Lipinski definition) is 1. The summed E-state index contributed by atoms with van der Waals surface area (Å²) in [5.41, 5.74) is 0.284. The van der Waals surface area contributed by atoms with Gasteiger partial charge in [0.05, 0.1) is 10.6 Å². The van der Waals surface area contributed by atoms with E-state index in [-0.39, 0.29) is 17.2 Å². The van der Waals surface area contributed by atoms with Crippen molar-refractivity contribution in [2.75, 3.05) is 0 Å². The Morgan fingerprint density at radius 1 is 1.41 bits per heavy atom. The first-order valence-electron chi connectivity index (χ1n) is 5.16. The van der Waals surface area contributed by atoms with Crippen molar-refractivity contribution < 1.29 is 9.50 Å². The van der Waals surface area contributed by atoms with Gasteiger partial charge in [0.2, 0.25) is 0 Å². The Hall–Kier alpha value is -1.46. The molecule has 1 aromatic carbocycles. The standard InChI is InChI=1S/C11H11ClFN3O/c1-2-16-9(6-17)14-15-11(16)7-4-3-5-8(12)10(7)13/h3-5,17H,2,6H2,1H3. The third-order valence-electron chi connectivity index (χ3n) is 2.48. The van der Waals surface area contributed by atoms with E-state index < -0.39 is 5.82 Å². The Kier molecular flexibility index (Phi) is 3.40. The van der Waals surface area contributed by atoms with Crippen molar-refractivity contribution in [3.05, 3.63) is 34.9 Å². The summed E-state index contributed by atoms with van der Waals surface area (Å²) >= 11 is 5.72. The summed E-state index contributed by atoms with van der Waals surface area (Å²) in [6, 6.07) is 4.70. The largest absolute Gasteiger partial charge is 0.388 e. The lowest BCUT2D eigenvalue weighted by Gasteiger charge is -2.07. The van der Waals surface area contributed by atoms with Gasteiger partial charge in [-0.1, -0.05) is 17.7 Å². The number of aliphatic hydroxyl groups excluding tert-OH is 1. The highest BCUT2D eigenvalue weighted by Crippen LogP contribution is 2.26. The van der Waals surface area contributed by atoms with Gasteiger partial charge in [0.1, 0.15) is 6.61 Å². The van der Waals surface area contributed by atoms with Crippen molar-refractivity contribution >= 4 is 11.6 Å². The van der Waals surface area contributed by atoms with E-state index in [0.717, 1.165) is 0 Å². The third-order valence-corrected chi connectivity index (χ3v) is 2.77. The average molecular weight is 256 g/mol. The van der Waals surface area contributed by atoms with Crippen LogP contribution in [0.1, 0.15) is 12.7 Å². The smallest absolute Gasteiger partial charge is 0.167 e. The molecule has 17 heavy (non-hydrogen) atoms. The van der Waals surface area contributed by atoms with Crippen LogP contribution in [0.25, 0.3) is 11.4 Å². The van der Waals surface area contributed by atoms with Crippen LogP contribution in [-0.2, 0) is 13.2 Å². The fourth-order valence-electron chi connectivity index (χ4n) is 1.66. The monoisotopic (exact) mass is 255 g/mol. The molecule has 1 aromatic heterocycles. The molecule has 0 aliphatic heterocycles. The summed E-state index contributed by atoms with van der Waals surface area (Å²) in [5, 5.41) is 16.8. The second-order valence-electron chi connectivity index (χ2n) is 3.44. The normalized spacial score (nSPS) is 10.8. The number of halogens is 2. The highest BCUT2D eigenvalue weighted by atomic mass is 35.5. The summed E-state index contributed by atoms with van der Waals surface area (Å²) in [7, 11) is 0. The van der Waals surface area contributed by atoms with Gasteiger partial charge >= 0.3 is 0 Å². The van der Waals surface area contributed by atoms with Gasteiger partial charge in [0.25, 0.3) is 0 Å². The molecule has 0 spiro atoms. The van der Waals surface area contributed by atoms with Gasteiger partial charge < -0.3 is 9.67 Å². The topological polar surface area (TPSA) is 50.9 Å². The van der Waals surface area contributed by atoms with E-state index >= 15 is 0 Å². The van der Waals surface area contributed by atoms with Gasteiger partial charge in [0.15, 0.2) is 17.5 Å². The molecular formula is C11H11ClFN3O. The minimum atomic E-state index is -0.527. The van der Waals surface area contributed by atoms with Gasteiger partial charge in [-0.3, -0.25) is 0 Å². The summed E-state index contributed by atoms with van der Waals surface area (Å²) in [6.07, 6.45) is 0. The maximum absolute atomic E-state index is 13.8. The second-order valence-corrected chi connectivity index (χ2v) is 3.85. The molecule has 0 fully saturated rings. The lowest BCUT2D eigenvalue weighted by Crippen LogP contribution is -2.04. The number of benzene rings is 1. The van der Waals surface area contributed by atoms with Gasteiger partial charge in [-0.2, -0.15) is 0 Å². The molecule has 0 aliphatic carbocycles. The maximum Gasteiger partial charge on any atom is 0.167 e. The molecule has 0 aliphatic rings. The van der Waals surface area contributed by atoms with Crippen LogP contribution in [0.4, 0.5) is 4.39 Å². The second kappa shape index (κ2) is 4.81. The molecule has 0 saturated carbocycles. The number of rotatable bonds is 3. The highest BCUT2D eigenvalue weighted by molar-refractivity contribution is 6.31. The summed E-state index contributed by atoms with van der Waals surface area (Å²) in [4.78, 5) is 0. The first kappa shape index (κ1) is 12.0. The first-order valence-corrected chi connectivity index (χ1v) is 5.54. The van der Waals surface area contributed by atoms with Crippen LogP contribution in [0.15, 0.2) is 18.2 Å². The van der Waals surface area contributed by atoms with E-state index in [2.05, 4.69) is 10.2 Å². The molecule has 1 N–H and O–H groups in total. The summed E-state index contributed by atoms with van der Waals surface area (Å²) < 4.78 is 15.5. The highest BCUT2D eigenvalue weighted by Gasteiger charge is 2.16. The van der Waals surface area contributed by atoms with Gasteiger partial charge in [-0.15, -0.1) is 10.2 Å². The molecule has 0 saturated heterocycles. The zero-order valence-corrected chi connectivity index (χ0v) is 9.95. The predicted molar refractivity (Wildman–Crippen MR) is 62.0 cm³/mol. The first-order chi connectivity index (χ1) is 8.19. The van der Waals surface area contributed by atoms with Crippen molar-refractivity contribution in [3.63, 3.8) is 0 Å². The molecule has 0 atom stereocenters. The Balaban J connectivity index is 2.60. The van der Waals surface area contributed by atoms with Crippen LogP contribution in [0, 0.1) is 5.82 Å². The zero-order valence-electron chi connectivity index (χ0n) is 9.19. The van der Waals surface area contributed by atoms with E-state index in [9.17, 15) is 4.39 Å². The third kappa shape index (κ3) is 2.03. The molecule has 90 valence electrons. The summed E-state index contributed by atoms with van der Waals surface area (Å²) in [5.74, 6) is 0.249. The van der Waals surface area contributed by atoms with Crippen LogP contribution in [0.3, 0.4) is 0 Å². The van der Waals surface area contributed by atoms with Crippen LogP contribution in [0.2, 0.25) is 5.02 Å². The van der Waals surface area contributed by atoms with Crippen molar-refractivity contribution in [2.45, 2.75) is 20.1 Å². The zero-order chi connectivity index (χ0) is 12.4. The molecule has 6 heteroatoms. The van der Waals surface area contributed by atoms with Crippen molar-refractivity contribution in [1.29, 1.82) is 0 Å². The number of aromatic nitrogens is 3. The maximum atomic E-state index is 13.8. The van der Waals surface area contributed by atoms with Crippen molar-refractivity contribution in [3.8, 4) is 11.4 Å². The fraction of sp³-hybridized carbons (Fsp3) is 0.273. The minimum Gasteiger partial charge on any atom is -0.388 e. The van der Waals surface area contributed by atoms with Gasteiger partial charge in [-0.25, -0.2) is 4.39 Å². The van der Waals surface area contributed by atoms with Gasteiger partial charge in [-0.05, 0) is 19.1 Å². The molecule has 2 aromatic rings. The van der Waals surface area contributed by atoms with Gasteiger partial charge in [0, 0.05) is 6.54 Å². The quantitative estimate of drug-likeness (QED) is 0.915. The lowest BCUT2D eigenvalue weighted by molar-refractivity contribution is 0.265. The Bertz CT molecular complexity index is 542. The van der Waals surface area contributed by atoms with E-state index in [1.54, 1.807) is 16.7 Å². The molecule has 0 bridgehead atoms. The molecule has 2 rings (SSSR count). The Morgan fingerprint density at radius 2 is 2.18 bits per heavy atom. The minimum absolute atomic E-state index is 0.0405. The Morgan fingerprint density at radius 3 is 2.82 bits per heavy atom. The SMILES string of the molecule is CCn1c(CO)nnc1-c1cccc(Cl)c1F. The molecular weight excluding hydrogens is 245 g/mol. The number of aliphatic hydroxyl groups is 1. The average Bonchev–Trinajstić information content (AvgIpc) is 2.75. The number of hydrogen-bond acceptors (Lipinski definition) is 3. The van der Waals surface area contributed by atoms with E-state index in [4.69, 9.17) is 16.7 Å².